The van der Waals surface area contributed by atoms with Crippen molar-refractivity contribution < 1.29 is 0 Å². The van der Waals surface area contributed by atoms with Crippen LogP contribution in [0.15, 0.2) is 4.99 Å². The summed E-state index contributed by atoms with van der Waals surface area (Å²) in [6.07, 6.45) is 8.99. The molecule has 0 aromatic heterocycles. The van der Waals surface area contributed by atoms with Crippen LogP contribution in [0.5, 0.6) is 0 Å². The highest BCUT2D eigenvalue weighted by atomic mass is 32.2. The van der Waals surface area contributed by atoms with E-state index >= 15 is 0 Å². The normalized spacial score (nSPS) is 19.0. The van der Waals surface area contributed by atoms with Crippen LogP contribution < -0.4 is 0 Å². The molecule has 1 heterocycles. The summed E-state index contributed by atoms with van der Waals surface area (Å²) in [5, 5.41) is 9.44. The maximum Gasteiger partial charge on any atom is 0.208 e. The standard InChI is InChI=1S/C11H19N3S/c1-3-4-10-5-7-14(8-6-10)11(15-2)13-9-12/h10H,3-8H2,1-2H3. The third-order valence-corrected chi connectivity index (χ3v) is 3.62. The summed E-state index contributed by atoms with van der Waals surface area (Å²) < 4.78 is 0. The van der Waals surface area contributed by atoms with Crippen molar-refractivity contribution in [2.75, 3.05) is 19.3 Å². The Labute approximate surface area is 96.6 Å². The summed E-state index contributed by atoms with van der Waals surface area (Å²) in [6, 6.07) is 0. The Kier molecular flexibility index (Phi) is 5.56. The number of likely N-dealkylation sites (tertiary alicyclic amines) is 1. The Morgan fingerprint density at radius 3 is 2.67 bits per heavy atom. The number of nitrogens with zero attached hydrogens (tertiary/aromatic N) is 3. The van der Waals surface area contributed by atoms with E-state index in [4.69, 9.17) is 5.26 Å². The number of hydrogen-bond donors (Lipinski definition) is 0. The Hall–Kier alpha value is -0.690. The minimum Gasteiger partial charge on any atom is -0.351 e. The van der Waals surface area contributed by atoms with Crippen LogP contribution in [0.25, 0.3) is 0 Å². The first-order chi connectivity index (χ1) is 7.31. The summed E-state index contributed by atoms with van der Waals surface area (Å²) >= 11 is 1.57. The van der Waals surface area contributed by atoms with Gasteiger partial charge in [-0.2, -0.15) is 5.26 Å². The van der Waals surface area contributed by atoms with Crippen molar-refractivity contribution in [1.82, 2.24) is 4.90 Å². The van der Waals surface area contributed by atoms with Gasteiger partial charge in [0.25, 0.3) is 0 Å². The maximum absolute atomic E-state index is 8.56. The van der Waals surface area contributed by atoms with Gasteiger partial charge >= 0.3 is 0 Å². The quantitative estimate of drug-likeness (QED) is 0.412. The molecule has 1 rings (SSSR count). The summed E-state index contributed by atoms with van der Waals surface area (Å²) in [7, 11) is 0. The fraction of sp³-hybridized carbons (Fsp3) is 0.818. The Morgan fingerprint density at radius 2 is 2.20 bits per heavy atom. The number of piperidine rings is 1. The molecule has 0 bridgehead atoms. The number of rotatable bonds is 2. The molecule has 1 aliphatic rings. The number of amidine groups is 1. The molecule has 0 saturated carbocycles. The average Bonchev–Trinajstić information content (AvgIpc) is 2.28. The molecule has 1 saturated heterocycles. The van der Waals surface area contributed by atoms with E-state index in [0.29, 0.717) is 0 Å². The molecular weight excluding hydrogens is 206 g/mol. The highest BCUT2D eigenvalue weighted by Crippen LogP contribution is 2.23. The van der Waals surface area contributed by atoms with Crippen LogP contribution in [-0.4, -0.2) is 29.4 Å². The largest absolute Gasteiger partial charge is 0.351 e. The van der Waals surface area contributed by atoms with Crippen LogP contribution in [0.1, 0.15) is 32.6 Å². The van der Waals surface area contributed by atoms with Crippen molar-refractivity contribution in [3.63, 3.8) is 0 Å². The lowest BCUT2D eigenvalue weighted by atomic mass is 9.93. The molecule has 1 aliphatic heterocycles. The van der Waals surface area contributed by atoms with Gasteiger partial charge in [0.1, 0.15) is 0 Å². The molecule has 0 unspecified atom stereocenters. The van der Waals surface area contributed by atoms with Gasteiger partial charge in [-0.1, -0.05) is 31.5 Å². The van der Waals surface area contributed by atoms with E-state index in [1.54, 1.807) is 11.8 Å². The first-order valence-electron chi connectivity index (χ1n) is 5.57. The number of aliphatic imine (C=N–C) groups is 1. The second-order valence-corrected chi connectivity index (χ2v) is 4.69. The van der Waals surface area contributed by atoms with Gasteiger partial charge in [0, 0.05) is 13.1 Å². The molecule has 84 valence electrons. The average molecular weight is 225 g/mol. The molecule has 4 heteroatoms. The molecule has 15 heavy (non-hydrogen) atoms. The zero-order chi connectivity index (χ0) is 11.1. The van der Waals surface area contributed by atoms with Gasteiger partial charge in [-0.25, -0.2) is 0 Å². The molecule has 0 spiro atoms. The highest BCUT2D eigenvalue weighted by Gasteiger charge is 2.20. The number of nitriles is 1. The summed E-state index contributed by atoms with van der Waals surface area (Å²) in [5.74, 6) is 0.886. The smallest absolute Gasteiger partial charge is 0.208 e. The van der Waals surface area contributed by atoms with Gasteiger partial charge in [-0.3, -0.25) is 0 Å². The van der Waals surface area contributed by atoms with Gasteiger partial charge in [-0.15, -0.1) is 4.99 Å². The fourth-order valence-corrected chi connectivity index (χ4v) is 2.68. The SMILES string of the molecule is CCCC1CCN(C(=NC#N)SC)CC1. The van der Waals surface area contributed by atoms with Crippen molar-refractivity contribution in [1.29, 1.82) is 5.26 Å². The minimum absolute atomic E-state index is 0.882. The van der Waals surface area contributed by atoms with Gasteiger partial charge in [-0.05, 0) is 25.0 Å². The van der Waals surface area contributed by atoms with Crippen LogP contribution >= 0.6 is 11.8 Å². The second kappa shape index (κ2) is 6.73. The van der Waals surface area contributed by atoms with Gasteiger partial charge < -0.3 is 4.90 Å². The first-order valence-corrected chi connectivity index (χ1v) is 6.80. The monoisotopic (exact) mass is 225 g/mol. The number of thioether (sulfide) groups is 1. The van der Waals surface area contributed by atoms with E-state index in [2.05, 4.69) is 16.8 Å². The number of hydrogen-bond acceptors (Lipinski definition) is 3. The zero-order valence-electron chi connectivity index (χ0n) is 9.57. The van der Waals surface area contributed by atoms with Crippen molar-refractivity contribution in [2.45, 2.75) is 32.6 Å². The van der Waals surface area contributed by atoms with Crippen LogP contribution in [0.3, 0.4) is 0 Å². The Balaban J connectivity index is 2.43. The maximum atomic E-state index is 8.56. The lowest BCUT2D eigenvalue weighted by molar-refractivity contribution is 0.258. The molecule has 0 amide bonds. The molecule has 0 N–H and O–H groups in total. The summed E-state index contributed by atoms with van der Waals surface area (Å²) in [6.45, 7) is 4.37. The van der Waals surface area contributed by atoms with Crippen LogP contribution in [0, 0.1) is 17.4 Å². The predicted octanol–water partition coefficient (Wildman–Crippen LogP) is 2.70. The van der Waals surface area contributed by atoms with Crippen molar-refractivity contribution in [3.05, 3.63) is 0 Å². The van der Waals surface area contributed by atoms with E-state index in [-0.39, 0.29) is 0 Å². The third kappa shape index (κ3) is 3.75. The first kappa shape index (κ1) is 12.4. The molecule has 0 aromatic carbocycles. The molecule has 0 radical (unpaired) electrons. The highest BCUT2D eigenvalue weighted by molar-refractivity contribution is 8.13. The molecular formula is C11H19N3S. The lowest BCUT2D eigenvalue weighted by Crippen LogP contribution is -2.36. The van der Waals surface area contributed by atoms with E-state index in [9.17, 15) is 0 Å². The topological polar surface area (TPSA) is 39.4 Å². The lowest BCUT2D eigenvalue weighted by Gasteiger charge is -2.32. The molecule has 1 fully saturated rings. The van der Waals surface area contributed by atoms with E-state index < -0.39 is 0 Å². The molecule has 0 atom stereocenters. The van der Waals surface area contributed by atoms with Gasteiger partial charge in [0.2, 0.25) is 6.19 Å². The predicted molar refractivity (Wildman–Crippen MR) is 65.8 cm³/mol. The van der Waals surface area contributed by atoms with Crippen molar-refractivity contribution in [3.8, 4) is 6.19 Å². The van der Waals surface area contributed by atoms with E-state index in [1.807, 2.05) is 12.4 Å². The molecule has 0 aliphatic carbocycles. The van der Waals surface area contributed by atoms with Crippen molar-refractivity contribution in [2.24, 2.45) is 10.9 Å². The minimum atomic E-state index is 0.882. The van der Waals surface area contributed by atoms with Gasteiger partial charge in [0.05, 0.1) is 0 Å². The zero-order valence-corrected chi connectivity index (χ0v) is 10.4. The van der Waals surface area contributed by atoms with Gasteiger partial charge in [0.15, 0.2) is 5.17 Å². The third-order valence-electron chi connectivity index (χ3n) is 2.91. The Morgan fingerprint density at radius 1 is 1.53 bits per heavy atom. The molecule has 0 aromatic rings. The van der Waals surface area contributed by atoms with E-state index in [1.165, 1.54) is 25.7 Å². The van der Waals surface area contributed by atoms with E-state index in [0.717, 1.165) is 24.2 Å². The summed E-state index contributed by atoms with van der Waals surface area (Å²) in [5.41, 5.74) is 0. The van der Waals surface area contributed by atoms with Crippen LogP contribution in [0.4, 0.5) is 0 Å². The fourth-order valence-electron chi connectivity index (χ4n) is 2.11. The van der Waals surface area contributed by atoms with Crippen LogP contribution in [-0.2, 0) is 0 Å². The van der Waals surface area contributed by atoms with Crippen LogP contribution in [0.2, 0.25) is 0 Å². The summed E-state index contributed by atoms with van der Waals surface area (Å²) in [4.78, 5) is 6.08. The second-order valence-electron chi connectivity index (χ2n) is 3.92. The van der Waals surface area contributed by atoms with Crippen molar-refractivity contribution >= 4 is 16.9 Å². The molecule has 3 nitrogen and oxygen atoms in total. The Bertz CT molecular complexity index is 249.